The molecule has 1 aromatic rings. The summed E-state index contributed by atoms with van der Waals surface area (Å²) in [6, 6.07) is 5.16. The molecule has 90 valence electrons. The van der Waals surface area contributed by atoms with Gasteiger partial charge in [-0.15, -0.1) is 0 Å². The van der Waals surface area contributed by atoms with E-state index in [0.717, 1.165) is 5.56 Å². The van der Waals surface area contributed by atoms with Gasteiger partial charge in [-0.05, 0) is 40.0 Å². The van der Waals surface area contributed by atoms with E-state index in [1.807, 2.05) is 13.8 Å². The molecular formula is C12H17BrFNO. The lowest BCUT2D eigenvalue weighted by atomic mass is 10.1. The first-order valence-corrected chi connectivity index (χ1v) is 6.13. The number of hydrogen-bond donors (Lipinski definition) is 2. The predicted octanol–water partition coefficient (Wildman–Crippen LogP) is 2.49. The van der Waals surface area contributed by atoms with E-state index in [0.29, 0.717) is 23.5 Å². The average molecular weight is 290 g/mol. The fourth-order valence-electron chi connectivity index (χ4n) is 1.38. The Bertz CT molecular complexity index is 344. The van der Waals surface area contributed by atoms with Crippen molar-refractivity contribution in [2.24, 2.45) is 0 Å². The van der Waals surface area contributed by atoms with Gasteiger partial charge in [0, 0.05) is 12.6 Å². The number of aliphatic hydroxyl groups is 1. The topological polar surface area (TPSA) is 32.3 Å². The minimum atomic E-state index is -0.445. The molecule has 1 unspecified atom stereocenters. The highest BCUT2D eigenvalue weighted by Gasteiger charge is 2.07. The van der Waals surface area contributed by atoms with Crippen LogP contribution in [0.2, 0.25) is 0 Å². The zero-order valence-corrected chi connectivity index (χ0v) is 11.1. The van der Waals surface area contributed by atoms with Crippen LogP contribution in [0.1, 0.15) is 19.4 Å². The third kappa shape index (κ3) is 4.60. The molecule has 1 rings (SSSR count). The summed E-state index contributed by atoms with van der Waals surface area (Å²) in [4.78, 5) is 0. The van der Waals surface area contributed by atoms with Crippen LogP contribution in [-0.4, -0.2) is 23.8 Å². The van der Waals surface area contributed by atoms with E-state index in [-0.39, 0.29) is 5.82 Å². The summed E-state index contributed by atoms with van der Waals surface area (Å²) in [7, 11) is 0. The fourth-order valence-corrected chi connectivity index (χ4v) is 1.81. The second kappa shape index (κ2) is 6.33. The van der Waals surface area contributed by atoms with Gasteiger partial charge in [0.15, 0.2) is 0 Å². The molecule has 0 fully saturated rings. The quantitative estimate of drug-likeness (QED) is 0.873. The second-order valence-corrected chi connectivity index (χ2v) is 5.02. The number of hydrogen-bond acceptors (Lipinski definition) is 2. The van der Waals surface area contributed by atoms with Crippen molar-refractivity contribution in [3.63, 3.8) is 0 Å². The molecular weight excluding hydrogens is 273 g/mol. The Kier molecular flexibility index (Phi) is 5.38. The van der Waals surface area contributed by atoms with Gasteiger partial charge in [-0.1, -0.05) is 19.9 Å². The summed E-state index contributed by atoms with van der Waals surface area (Å²) in [5.41, 5.74) is 0.923. The Morgan fingerprint density at radius 1 is 1.44 bits per heavy atom. The van der Waals surface area contributed by atoms with Gasteiger partial charge in [0.25, 0.3) is 0 Å². The lowest BCUT2D eigenvalue weighted by molar-refractivity contribution is 0.169. The van der Waals surface area contributed by atoms with E-state index in [9.17, 15) is 9.50 Å². The molecule has 0 bridgehead atoms. The largest absolute Gasteiger partial charge is 0.391 e. The van der Waals surface area contributed by atoms with E-state index in [2.05, 4.69) is 21.2 Å². The lowest BCUT2D eigenvalue weighted by Gasteiger charge is -2.14. The number of aliphatic hydroxyl groups excluding tert-OH is 1. The van der Waals surface area contributed by atoms with E-state index in [1.165, 1.54) is 6.07 Å². The van der Waals surface area contributed by atoms with Gasteiger partial charge in [0.2, 0.25) is 0 Å². The van der Waals surface area contributed by atoms with Crippen LogP contribution in [0.4, 0.5) is 4.39 Å². The second-order valence-electron chi connectivity index (χ2n) is 4.17. The van der Waals surface area contributed by atoms with Crippen LogP contribution >= 0.6 is 15.9 Å². The van der Waals surface area contributed by atoms with Gasteiger partial charge in [-0.3, -0.25) is 0 Å². The van der Waals surface area contributed by atoms with Gasteiger partial charge >= 0.3 is 0 Å². The van der Waals surface area contributed by atoms with Crippen molar-refractivity contribution in [3.8, 4) is 0 Å². The lowest BCUT2D eigenvalue weighted by Crippen LogP contribution is -2.33. The monoisotopic (exact) mass is 289 g/mol. The highest BCUT2D eigenvalue weighted by molar-refractivity contribution is 9.10. The maximum Gasteiger partial charge on any atom is 0.137 e. The summed E-state index contributed by atoms with van der Waals surface area (Å²) >= 11 is 3.13. The maximum absolute atomic E-state index is 13.0. The molecule has 0 heterocycles. The van der Waals surface area contributed by atoms with Crippen LogP contribution in [0.3, 0.4) is 0 Å². The Morgan fingerprint density at radius 3 is 2.69 bits per heavy atom. The molecule has 16 heavy (non-hydrogen) atoms. The van der Waals surface area contributed by atoms with Crippen LogP contribution in [0.25, 0.3) is 0 Å². The van der Waals surface area contributed by atoms with Gasteiger partial charge in [0.1, 0.15) is 5.82 Å². The van der Waals surface area contributed by atoms with Crippen LogP contribution in [0.5, 0.6) is 0 Å². The standard InChI is InChI=1S/C12H17BrFNO/c1-8(2)15-7-10(16)5-9-3-4-12(14)11(13)6-9/h3-4,6,8,10,15-16H,5,7H2,1-2H3. The average Bonchev–Trinajstić information content (AvgIpc) is 2.21. The van der Waals surface area contributed by atoms with Gasteiger partial charge < -0.3 is 10.4 Å². The molecule has 0 aliphatic rings. The van der Waals surface area contributed by atoms with Crippen molar-refractivity contribution in [3.05, 3.63) is 34.1 Å². The van der Waals surface area contributed by atoms with Crippen molar-refractivity contribution in [1.29, 1.82) is 0 Å². The number of halogens is 2. The normalized spacial score (nSPS) is 13.1. The van der Waals surface area contributed by atoms with Crippen molar-refractivity contribution >= 4 is 15.9 Å². The van der Waals surface area contributed by atoms with E-state index in [1.54, 1.807) is 12.1 Å². The van der Waals surface area contributed by atoms with Crippen molar-refractivity contribution in [2.75, 3.05) is 6.54 Å². The third-order valence-electron chi connectivity index (χ3n) is 2.22. The first-order valence-electron chi connectivity index (χ1n) is 5.34. The molecule has 0 amide bonds. The Morgan fingerprint density at radius 2 is 2.12 bits per heavy atom. The Hall–Kier alpha value is -0.450. The van der Waals surface area contributed by atoms with E-state index in [4.69, 9.17) is 0 Å². The number of benzene rings is 1. The first-order chi connectivity index (χ1) is 7.49. The molecule has 2 nitrogen and oxygen atoms in total. The molecule has 4 heteroatoms. The zero-order valence-electron chi connectivity index (χ0n) is 9.50. The van der Waals surface area contributed by atoms with Crippen LogP contribution in [-0.2, 0) is 6.42 Å². The molecule has 0 aromatic heterocycles. The number of rotatable bonds is 5. The van der Waals surface area contributed by atoms with Crippen molar-refractivity contribution < 1.29 is 9.50 Å². The van der Waals surface area contributed by atoms with Crippen molar-refractivity contribution in [1.82, 2.24) is 5.32 Å². The summed E-state index contributed by atoms with van der Waals surface area (Å²) < 4.78 is 13.4. The molecule has 0 aliphatic carbocycles. The van der Waals surface area contributed by atoms with Crippen LogP contribution in [0, 0.1) is 5.82 Å². The van der Waals surface area contributed by atoms with E-state index >= 15 is 0 Å². The maximum atomic E-state index is 13.0. The van der Waals surface area contributed by atoms with E-state index < -0.39 is 6.10 Å². The molecule has 0 spiro atoms. The smallest absolute Gasteiger partial charge is 0.137 e. The third-order valence-corrected chi connectivity index (χ3v) is 2.82. The molecule has 1 aromatic carbocycles. The molecule has 0 saturated heterocycles. The van der Waals surface area contributed by atoms with Gasteiger partial charge in [0.05, 0.1) is 10.6 Å². The summed E-state index contributed by atoms with van der Waals surface area (Å²) in [6.45, 7) is 4.61. The van der Waals surface area contributed by atoms with Crippen LogP contribution < -0.4 is 5.32 Å². The Balaban J connectivity index is 2.49. The van der Waals surface area contributed by atoms with Crippen molar-refractivity contribution in [2.45, 2.75) is 32.4 Å². The highest BCUT2D eigenvalue weighted by atomic mass is 79.9. The minimum Gasteiger partial charge on any atom is -0.391 e. The summed E-state index contributed by atoms with van der Waals surface area (Å²) in [5.74, 6) is -0.279. The molecule has 0 radical (unpaired) electrons. The minimum absolute atomic E-state index is 0.279. The Labute approximate surface area is 104 Å². The van der Waals surface area contributed by atoms with Gasteiger partial charge in [-0.25, -0.2) is 4.39 Å². The fraction of sp³-hybridized carbons (Fsp3) is 0.500. The van der Waals surface area contributed by atoms with Crippen LogP contribution in [0.15, 0.2) is 22.7 Å². The first kappa shape index (κ1) is 13.6. The molecule has 1 atom stereocenters. The zero-order chi connectivity index (χ0) is 12.1. The molecule has 0 aliphatic heterocycles. The molecule has 0 saturated carbocycles. The summed E-state index contributed by atoms with van der Waals surface area (Å²) in [6.07, 6.45) is 0.0817. The predicted molar refractivity (Wildman–Crippen MR) is 66.9 cm³/mol. The number of nitrogens with one attached hydrogen (secondary N) is 1. The highest BCUT2D eigenvalue weighted by Crippen LogP contribution is 2.17. The SMILES string of the molecule is CC(C)NCC(O)Cc1ccc(F)c(Br)c1. The molecule has 2 N–H and O–H groups in total. The van der Waals surface area contributed by atoms with Gasteiger partial charge in [-0.2, -0.15) is 0 Å². The summed E-state index contributed by atoms with van der Waals surface area (Å²) in [5, 5.41) is 12.9.